The highest BCUT2D eigenvalue weighted by molar-refractivity contribution is 7.88. The van der Waals surface area contributed by atoms with E-state index in [4.69, 9.17) is 0 Å². The third-order valence-corrected chi connectivity index (χ3v) is 6.21. The molecule has 1 aromatic rings. The lowest BCUT2D eigenvalue weighted by Gasteiger charge is -2.48. The predicted octanol–water partition coefficient (Wildman–Crippen LogP) is 1.04. The Bertz CT molecular complexity index is 713. The van der Waals surface area contributed by atoms with E-state index < -0.39 is 27.7 Å². The minimum Gasteiger partial charge on any atom is -0.388 e. The van der Waals surface area contributed by atoms with Gasteiger partial charge in [-0.3, -0.25) is 4.79 Å². The first-order valence-corrected chi connectivity index (χ1v) is 10.1. The van der Waals surface area contributed by atoms with Crippen molar-refractivity contribution in [3.63, 3.8) is 0 Å². The van der Waals surface area contributed by atoms with E-state index in [0.29, 0.717) is 0 Å². The highest BCUT2D eigenvalue weighted by atomic mass is 32.2. The largest absolute Gasteiger partial charge is 0.388 e. The van der Waals surface area contributed by atoms with Crippen molar-refractivity contribution in [3.05, 3.63) is 35.9 Å². The lowest BCUT2D eigenvalue weighted by molar-refractivity contribution is -0.128. The lowest BCUT2D eigenvalue weighted by Crippen LogP contribution is -2.63. The van der Waals surface area contributed by atoms with Crippen LogP contribution in [-0.2, 0) is 14.8 Å². The average molecular weight is 352 g/mol. The summed E-state index contributed by atoms with van der Waals surface area (Å²) in [6.45, 7) is 1.89. The summed E-state index contributed by atoms with van der Waals surface area (Å²) >= 11 is 0. The number of carbonyl (C=O) groups is 1. The molecule has 3 rings (SSSR count). The van der Waals surface area contributed by atoms with E-state index in [-0.39, 0.29) is 24.8 Å². The van der Waals surface area contributed by atoms with Gasteiger partial charge in [-0.1, -0.05) is 30.3 Å². The highest BCUT2D eigenvalue weighted by Crippen LogP contribution is 2.39. The average Bonchev–Trinajstić information content (AvgIpc) is 3.33. The molecule has 3 unspecified atom stereocenters. The molecule has 6 nitrogen and oxygen atoms in total. The van der Waals surface area contributed by atoms with Crippen LogP contribution in [0.5, 0.6) is 0 Å². The van der Waals surface area contributed by atoms with Gasteiger partial charge in [0.2, 0.25) is 15.9 Å². The number of nitrogens with one attached hydrogen (secondary N) is 1. The Kier molecular flexibility index (Phi) is 4.44. The van der Waals surface area contributed by atoms with E-state index in [1.165, 1.54) is 10.6 Å². The van der Waals surface area contributed by atoms with Crippen molar-refractivity contribution in [1.29, 1.82) is 0 Å². The smallest absolute Gasteiger partial charge is 0.223 e. The maximum absolute atomic E-state index is 12.3. The van der Waals surface area contributed by atoms with Crippen LogP contribution < -0.4 is 5.32 Å². The number of hydrogen-bond acceptors (Lipinski definition) is 4. The van der Waals surface area contributed by atoms with Crippen molar-refractivity contribution in [3.8, 4) is 0 Å². The van der Waals surface area contributed by atoms with E-state index >= 15 is 0 Å². The summed E-state index contributed by atoms with van der Waals surface area (Å²) in [6.07, 6.45) is 3.15. The summed E-state index contributed by atoms with van der Waals surface area (Å²) in [4.78, 5) is 12.3. The highest BCUT2D eigenvalue weighted by Gasteiger charge is 2.49. The molecule has 7 heteroatoms. The summed E-state index contributed by atoms with van der Waals surface area (Å²) in [6, 6.07) is 7.88. The zero-order valence-corrected chi connectivity index (χ0v) is 14.8. The van der Waals surface area contributed by atoms with Crippen LogP contribution >= 0.6 is 0 Å². The Balaban J connectivity index is 2.01. The molecule has 1 amide bonds. The van der Waals surface area contributed by atoms with E-state index in [2.05, 4.69) is 5.32 Å². The quantitative estimate of drug-likeness (QED) is 0.848. The van der Waals surface area contributed by atoms with Crippen molar-refractivity contribution < 1.29 is 18.3 Å². The fourth-order valence-corrected chi connectivity index (χ4v) is 4.45. The van der Waals surface area contributed by atoms with Crippen LogP contribution in [0.4, 0.5) is 0 Å². The van der Waals surface area contributed by atoms with Gasteiger partial charge in [-0.25, -0.2) is 8.42 Å². The van der Waals surface area contributed by atoms with Gasteiger partial charge in [-0.2, -0.15) is 4.31 Å². The Hall–Kier alpha value is -1.44. The molecule has 1 aliphatic heterocycles. The van der Waals surface area contributed by atoms with Gasteiger partial charge in [-0.05, 0) is 31.7 Å². The van der Waals surface area contributed by atoms with Gasteiger partial charge in [0, 0.05) is 12.5 Å². The molecule has 2 N–H and O–H groups in total. The molecule has 3 atom stereocenters. The summed E-state index contributed by atoms with van der Waals surface area (Å²) < 4.78 is 26.0. The van der Waals surface area contributed by atoms with Crippen molar-refractivity contribution >= 4 is 15.9 Å². The normalized spacial score (nSPS) is 31.6. The molecule has 0 bridgehead atoms. The van der Waals surface area contributed by atoms with Crippen LogP contribution in [0.1, 0.15) is 37.8 Å². The van der Waals surface area contributed by atoms with Gasteiger partial charge in [0.25, 0.3) is 0 Å². The van der Waals surface area contributed by atoms with Crippen LogP contribution in [0.15, 0.2) is 30.3 Å². The van der Waals surface area contributed by atoms with Crippen molar-refractivity contribution in [2.75, 3.05) is 12.8 Å². The third kappa shape index (κ3) is 3.48. The fraction of sp³-hybridized carbons (Fsp3) is 0.588. The van der Waals surface area contributed by atoms with E-state index in [0.717, 1.165) is 18.4 Å². The standard InChI is InChI=1S/C17H24N2O4S/c1-17(21)10-11-19(24(2,22)23)14(12-6-4-3-5-7-12)15(17)18-16(20)13-8-9-13/h3-7,13-15,21H,8-11H2,1-2H3,(H,18,20). The van der Waals surface area contributed by atoms with Crippen LogP contribution in [0.25, 0.3) is 0 Å². The van der Waals surface area contributed by atoms with Crippen molar-refractivity contribution in [2.45, 2.75) is 43.9 Å². The molecule has 1 heterocycles. The number of carbonyl (C=O) groups excluding carboxylic acids is 1. The van der Waals surface area contributed by atoms with Crippen molar-refractivity contribution in [2.24, 2.45) is 5.92 Å². The molecule has 1 aliphatic carbocycles. The summed E-state index contributed by atoms with van der Waals surface area (Å²) in [5, 5.41) is 13.8. The Labute approximate surface area is 142 Å². The molecule has 0 aromatic heterocycles. The van der Waals surface area contributed by atoms with Gasteiger partial charge in [-0.15, -0.1) is 0 Å². The third-order valence-electron chi connectivity index (χ3n) is 4.95. The first kappa shape index (κ1) is 17.4. The maximum atomic E-state index is 12.3. The second kappa shape index (κ2) is 6.13. The second-order valence-corrected chi connectivity index (χ2v) is 9.03. The van der Waals surface area contributed by atoms with Crippen LogP contribution in [-0.4, -0.2) is 48.2 Å². The minimum atomic E-state index is -3.48. The van der Waals surface area contributed by atoms with Crippen molar-refractivity contribution in [1.82, 2.24) is 9.62 Å². The molecule has 2 aliphatic rings. The predicted molar refractivity (Wildman–Crippen MR) is 90.6 cm³/mol. The Morgan fingerprint density at radius 1 is 1.29 bits per heavy atom. The monoisotopic (exact) mass is 352 g/mol. The summed E-state index contributed by atoms with van der Waals surface area (Å²) in [5.41, 5.74) is -0.407. The molecule has 132 valence electrons. The molecular weight excluding hydrogens is 328 g/mol. The fourth-order valence-electron chi connectivity index (χ4n) is 3.37. The number of sulfonamides is 1. The Morgan fingerprint density at radius 3 is 2.46 bits per heavy atom. The molecule has 0 spiro atoms. The van der Waals surface area contributed by atoms with Gasteiger partial charge in [0.1, 0.15) is 0 Å². The Morgan fingerprint density at radius 2 is 1.92 bits per heavy atom. The van der Waals surface area contributed by atoms with Gasteiger partial charge in [0.05, 0.1) is 23.9 Å². The SMILES string of the molecule is CC1(O)CCN(S(C)(=O)=O)C(c2ccccc2)C1NC(=O)C1CC1. The van der Waals surface area contributed by atoms with Crippen LogP contribution in [0.3, 0.4) is 0 Å². The molecule has 2 fully saturated rings. The number of rotatable bonds is 4. The van der Waals surface area contributed by atoms with E-state index in [1.807, 2.05) is 30.3 Å². The van der Waals surface area contributed by atoms with Crippen LogP contribution in [0.2, 0.25) is 0 Å². The zero-order valence-electron chi connectivity index (χ0n) is 14.0. The second-order valence-electron chi connectivity index (χ2n) is 7.10. The number of hydrogen-bond donors (Lipinski definition) is 2. The van der Waals surface area contributed by atoms with Crippen LogP contribution in [0, 0.1) is 5.92 Å². The summed E-state index contributed by atoms with van der Waals surface area (Å²) in [7, 11) is -3.48. The zero-order chi connectivity index (χ0) is 17.5. The molecule has 1 aromatic carbocycles. The van der Waals surface area contributed by atoms with E-state index in [1.54, 1.807) is 6.92 Å². The molecule has 1 saturated carbocycles. The topological polar surface area (TPSA) is 86.7 Å². The minimum absolute atomic E-state index is 0.00849. The van der Waals surface area contributed by atoms with Gasteiger partial charge < -0.3 is 10.4 Å². The first-order chi connectivity index (χ1) is 11.2. The van der Waals surface area contributed by atoms with Gasteiger partial charge in [0.15, 0.2) is 0 Å². The number of benzene rings is 1. The lowest BCUT2D eigenvalue weighted by atomic mass is 9.81. The number of nitrogens with zero attached hydrogens (tertiary/aromatic N) is 1. The molecule has 24 heavy (non-hydrogen) atoms. The van der Waals surface area contributed by atoms with Gasteiger partial charge >= 0.3 is 0 Å². The molecule has 1 saturated heterocycles. The first-order valence-electron chi connectivity index (χ1n) is 8.25. The molecule has 0 radical (unpaired) electrons. The maximum Gasteiger partial charge on any atom is 0.223 e. The number of amides is 1. The van der Waals surface area contributed by atoms with E-state index in [9.17, 15) is 18.3 Å². The number of piperidine rings is 1. The molecular formula is C17H24N2O4S. The summed E-state index contributed by atoms with van der Waals surface area (Å²) in [5.74, 6) is -0.109. The number of aliphatic hydroxyl groups is 1.